The lowest BCUT2D eigenvalue weighted by Gasteiger charge is -2.23. The van der Waals surface area contributed by atoms with E-state index in [2.05, 4.69) is 10.2 Å². The molecule has 0 saturated carbocycles. The molecule has 1 atom stereocenters. The van der Waals surface area contributed by atoms with E-state index in [4.69, 9.17) is 4.74 Å². The highest BCUT2D eigenvalue weighted by Crippen LogP contribution is 2.21. The molecule has 1 aliphatic rings. The van der Waals surface area contributed by atoms with Gasteiger partial charge in [-0.1, -0.05) is 25.0 Å². The summed E-state index contributed by atoms with van der Waals surface area (Å²) in [6, 6.07) is 5.51. The zero-order chi connectivity index (χ0) is 16.7. The first-order valence-corrected chi connectivity index (χ1v) is 8.44. The molecule has 128 valence electrons. The molecule has 1 aliphatic heterocycles. The van der Waals surface area contributed by atoms with Crippen LogP contribution in [-0.4, -0.2) is 55.3 Å². The minimum absolute atomic E-state index is 0.199. The maximum atomic E-state index is 12.4. The first-order valence-electron chi connectivity index (χ1n) is 8.44. The van der Waals surface area contributed by atoms with Crippen LogP contribution in [-0.2, 0) is 0 Å². The second-order valence-electron chi connectivity index (χ2n) is 6.23. The molecule has 1 unspecified atom stereocenters. The summed E-state index contributed by atoms with van der Waals surface area (Å²) < 4.78 is 5.26. The monoisotopic (exact) mass is 320 g/mol. The van der Waals surface area contributed by atoms with Crippen LogP contribution < -0.4 is 10.1 Å². The number of methoxy groups -OCH3 is 1. The highest BCUT2D eigenvalue weighted by molar-refractivity contribution is 5.98. The van der Waals surface area contributed by atoms with E-state index >= 15 is 0 Å². The standard InChI is InChI=1S/C18H28N2O3/c1-14-8-7-9-16(23-2)17(14)18(22)19-12-15(21)13-20-10-5-3-4-6-11-20/h7-9,15,21H,3-6,10-13H2,1-2H3,(H,19,22). The molecule has 1 aromatic rings. The number of carbonyl (C=O) groups excluding carboxylic acids is 1. The summed E-state index contributed by atoms with van der Waals surface area (Å²) in [4.78, 5) is 14.7. The molecule has 2 rings (SSSR count). The first-order chi connectivity index (χ1) is 11.1. The Hall–Kier alpha value is -1.59. The van der Waals surface area contributed by atoms with Crippen molar-refractivity contribution in [1.29, 1.82) is 0 Å². The highest BCUT2D eigenvalue weighted by Gasteiger charge is 2.18. The number of likely N-dealkylation sites (tertiary alicyclic amines) is 1. The Bertz CT molecular complexity index is 511. The molecule has 5 nitrogen and oxygen atoms in total. The average Bonchev–Trinajstić information content (AvgIpc) is 2.81. The van der Waals surface area contributed by atoms with Crippen LogP contribution in [0.4, 0.5) is 0 Å². The number of carbonyl (C=O) groups is 1. The van der Waals surface area contributed by atoms with Crippen molar-refractivity contribution in [2.24, 2.45) is 0 Å². The number of rotatable bonds is 6. The number of hydrogen-bond acceptors (Lipinski definition) is 4. The summed E-state index contributed by atoms with van der Waals surface area (Å²) in [5.41, 5.74) is 1.40. The summed E-state index contributed by atoms with van der Waals surface area (Å²) in [5.74, 6) is 0.361. The van der Waals surface area contributed by atoms with Crippen molar-refractivity contribution in [3.05, 3.63) is 29.3 Å². The predicted octanol–water partition coefficient (Wildman–Crippen LogP) is 1.97. The van der Waals surface area contributed by atoms with Gasteiger partial charge in [0.25, 0.3) is 5.91 Å². The molecule has 1 aromatic carbocycles. The van der Waals surface area contributed by atoms with E-state index in [1.807, 2.05) is 19.1 Å². The Kier molecular flexibility index (Phi) is 6.86. The third-order valence-electron chi connectivity index (χ3n) is 4.35. The third-order valence-corrected chi connectivity index (χ3v) is 4.35. The molecule has 0 spiro atoms. The van der Waals surface area contributed by atoms with Gasteiger partial charge in [0.2, 0.25) is 0 Å². The van der Waals surface area contributed by atoms with E-state index in [9.17, 15) is 9.90 Å². The van der Waals surface area contributed by atoms with Gasteiger partial charge in [-0.2, -0.15) is 0 Å². The maximum absolute atomic E-state index is 12.4. The normalized spacial score (nSPS) is 17.3. The zero-order valence-corrected chi connectivity index (χ0v) is 14.2. The van der Waals surface area contributed by atoms with Gasteiger partial charge in [-0.05, 0) is 44.5 Å². The van der Waals surface area contributed by atoms with Crippen molar-refractivity contribution in [2.45, 2.75) is 38.7 Å². The van der Waals surface area contributed by atoms with Gasteiger partial charge in [0, 0.05) is 13.1 Å². The molecule has 0 radical (unpaired) electrons. The topological polar surface area (TPSA) is 61.8 Å². The number of nitrogens with one attached hydrogen (secondary N) is 1. The van der Waals surface area contributed by atoms with Crippen LogP contribution in [0.3, 0.4) is 0 Å². The van der Waals surface area contributed by atoms with Crippen molar-refractivity contribution in [3.63, 3.8) is 0 Å². The van der Waals surface area contributed by atoms with Gasteiger partial charge in [0.05, 0.1) is 18.8 Å². The molecular formula is C18H28N2O3. The largest absolute Gasteiger partial charge is 0.496 e. The first kappa shape index (κ1) is 17.8. The third kappa shape index (κ3) is 5.22. The number of nitrogens with zero attached hydrogens (tertiary/aromatic N) is 1. The number of benzene rings is 1. The van der Waals surface area contributed by atoms with Gasteiger partial charge in [0.1, 0.15) is 5.75 Å². The van der Waals surface area contributed by atoms with Crippen LogP contribution >= 0.6 is 0 Å². The second-order valence-corrected chi connectivity index (χ2v) is 6.23. The van der Waals surface area contributed by atoms with Crippen molar-refractivity contribution in [3.8, 4) is 5.75 Å². The minimum Gasteiger partial charge on any atom is -0.496 e. The lowest BCUT2D eigenvalue weighted by atomic mass is 10.1. The van der Waals surface area contributed by atoms with E-state index in [-0.39, 0.29) is 12.5 Å². The van der Waals surface area contributed by atoms with Crippen LogP contribution in [0.25, 0.3) is 0 Å². The fourth-order valence-corrected chi connectivity index (χ4v) is 3.08. The van der Waals surface area contributed by atoms with Crippen LogP contribution in [0.15, 0.2) is 18.2 Å². The number of hydrogen-bond donors (Lipinski definition) is 2. The lowest BCUT2D eigenvalue weighted by Crippen LogP contribution is -2.40. The Morgan fingerprint density at radius 3 is 2.65 bits per heavy atom. The lowest BCUT2D eigenvalue weighted by molar-refractivity contribution is 0.0859. The van der Waals surface area contributed by atoms with E-state index in [1.54, 1.807) is 13.2 Å². The number of ether oxygens (including phenoxy) is 1. The molecule has 1 amide bonds. The summed E-state index contributed by atoms with van der Waals surface area (Å²) >= 11 is 0. The SMILES string of the molecule is COc1cccc(C)c1C(=O)NCC(O)CN1CCCCCC1. The van der Waals surface area contributed by atoms with E-state index in [0.717, 1.165) is 18.7 Å². The number of β-amino-alcohol motifs (C(OH)–C–C–N with tert-alkyl or cyclic N) is 1. The molecule has 1 fully saturated rings. The number of aliphatic hydroxyl groups excluding tert-OH is 1. The zero-order valence-electron chi connectivity index (χ0n) is 14.2. The van der Waals surface area contributed by atoms with Crippen molar-refractivity contribution in [1.82, 2.24) is 10.2 Å². The number of aliphatic hydroxyl groups is 1. The Labute approximate surface area is 138 Å². The van der Waals surface area contributed by atoms with Crippen LogP contribution in [0, 0.1) is 6.92 Å². The molecule has 1 saturated heterocycles. The van der Waals surface area contributed by atoms with Gasteiger partial charge >= 0.3 is 0 Å². The molecule has 1 heterocycles. The van der Waals surface area contributed by atoms with Gasteiger partial charge in [0.15, 0.2) is 0 Å². The molecule has 0 aliphatic carbocycles. The molecular weight excluding hydrogens is 292 g/mol. The average molecular weight is 320 g/mol. The van der Waals surface area contributed by atoms with Crippen molar-refractivity contribution >= 4 is 5.91 Å². The highest BCUT2D eigenvalue weighted by atomic mass is 16.5. The summed E-state index contributed by atoms with van der Waals surface area (Å²) in [6.45, 7) is 4.83. The Balaban J connectivity index is 1.86. The summed E-state index contributed by atoms with van der Waals surface area (Å²) in [5, 5.41) is 13.0. The van der Waals surface area contributed by atoms with Gasteiger partial charge < -0.3 is 20.1 Å². The predicted molar refractivity (Wildman–Crippen MR) is 91.0 cm³/mol. The van der Waals surface area contributed by atoms with Crippen molar-refractivity contribution in [2.75, 3.05) is 33.3 Å². The molecule has 23 heavy (non-hydrogen) atoms. The van der Waals surface area contributed by atoms with Crippen LogP contribution in [0.2, 0.25) is 0 Å². The Morgan fingerprint density at radius 1 is 1.30 bits per heavy atom. The Morgan fingerprint density at radius 2 is 2.00 bits per heavy atom. The number of aryl methyl sites for hydroxylation is 1. The molecule has 2 N–H and O–H groups in total. The quantitative estimate of drug-likeness (QED) is 0.841. The van der Waals surface area contributed by atoms with Gasteiger partial charge in [-0.3, -0.25) is 4.79 Å². The van der Waals surface area contributed by atoms with Gasteiger partial charge in [-0.25, -0.2) is 0 Å². The molecule has 0 aromatic heterocycles. The molecule has 0 bridgehead atoms. The summed E-state index contributed by atoms with van der Waals surface area (Å²) in [7, 11) is 1.56. The fraction of sp³-hybridized carbons (Fsp3) is 0.611. The fourth-order valence-electron chi connectivity index (χ4n) is 3.08. The van der Waals surface area contributed by atoms with E-state index < -0.39 is 6.10 Å². The number of amides is 1. The second kappa shape index (κ2) is 8.89. The van der Waals surface area contributed by atoms with Gasteiger partial charge in [-0.15, -0.1) is 0 Å². The molecule has 5 heteroatoms. The van der Waals surface area contributed by atoms with Crippen LogP contribution in [0.5, 0.6) is 5.75 Å². The van der Waals surface area contributed by atoms with E-state index in [1.165, 1.54) is 25.7 Å². The minimum atomic E-state index is -0.549. The smallest absolute Gasteiger partial charge is 0.255 e. The maximum Gasteiger partial charge on any atom is 0.255 e. The van der Waals surface area contributed by atoms with Crippen molar-refractivity contribution < 1.29 is 14.6 Å². The van der Waals surface area contributed by atoms with Crippen LogP contribution in [0.1, 0.15) is 41.6 Å². The van der Waals surface area contributed by atoms with E-state index in [0.29, 0.717) is 17.9 Å². The summed E-state index contributed by atoms with van der Waals surface area (Å²) in [6.07, 6.45) is 4.39.